The number of hydrogen-bond acceptors (Lipinski definition) is 8. The van der Waals surface area contributed by atoms with Gasteiger partial charge in [0.1, 0.15) is 5.51 Å². The van der Waals surface area contributed by atoms with Crippen molar-refractivity contribution in [3.8, 4) is 5.75 Å². The van der Waals surface area contributed by atoms with E-state index in [0.29, 0.717) is 16.1 Å². The van der Waals surface area contributed by atoms with Crippen LogP contribution < -0.4 is 10.1 Å². The molecule has 0 saturated heterocycles. The number of rotatable bonds is 7. The molecule has 0 bridgehead atoms. The number of nitrogens with zero attached hydrogens (tertiary/aromatic N) is 5. The van der Waals surface area contributed by atoms with Crippen molar-refractivity contribution in [2.45, 2.75) is 18.2 Å². The maximum atomic E-state index is 13.7. The van der Waals surface area contributed by atoms with Gasteiger partial charge in [-0.05, 0) is 19.1 Å². The van der Waals surface area contributed by atoms with Crippen LogP contribution in [0.15, 0.2) is 34.9 Å². The second-order valence-corrected chi connectivity index (χ2v) is 6.95. The first-order chi connectivity index (χ1) is 12.5. The van der Waals surface area contributed by atoms with Crippen LogP contribution >= 0.6 is 23.1 Å². The lowest BCUT2D eigenvalue weighted by atomic mass is 10.3. The van der Waals surface area contributed by atoms with Crippen molar-refractivity contribution in [3.05, 3.63) is 41.4 Å². The maximum Gasteiger partial charge on any atom is 0.236 e. The summed E-state index contributed by atoms with van der Waals surface area (Å²) in [5.41, 5.74) is 1.54. The third-order valence-electron chi connectivity index (χ3n) is 3.31. The number of carbonyl (C=O) groups excluding carboxylic acids is 1. The quantitative estimate of drug-likeness (QED) is 0.616. The molecule has 2 aromatic heterocycles. The Hall–Kier alpha value is -2.53. The Morgan fingerprint density at radius 2 is 2.19 bits per heavy atom. The van der Waals surface area contributed by atoms with Crippen LogP contribution in [0.1, 0.15) is 18.9 Å². The zero-order valence-electron chi connectivity index (χ0n) is 13.9. The van der Waals surface area contributed by atoms with Crippen molar-refractivity contribution in [1.82, 2.24) is 25.0 Å². The monoisotopic (exact) mass is 394 g/mol. The van der Waals surface area contributed by atoms with Gasteiger partial charge in [0, 0.05) is 7.05 Å². The van der Waals surface area contributed by atoms with Gasteiger partial charge in [0.05, 0.1) is 5.75 Å². The van der Waals surface area contributed by atoms with Gasteiger partial charge < -0.3 is 9.30 Å². The number of benzene rings is 1. The van der Waals surface area contributed by atoms with Crippen LogP contribution in [0.3, 0.4) is 0 Å². The van der Waals surface area contributed by atoms with E-state index in [1.165, 1.54) is 34.7 Å². The largest absolute Gasteiger partial charge is 0.480 e. The van der Waals surface area contributed by atoms with Crippen LogP contribution in [-0.4, -0.2) is 36.6 Å². The minimum atomic E-state index is -0.506. The van der Waals surface area contributed by atoms with Crippen LogP contribution in [0.5, 0.6) is 5.75 Å². The van der Waals surface area contributed by atoms with E-state index in [9.17, 15) is 9.18 Å². The number of nitrogens with one attached hydrogen (secondary N) is 1. The molecule has 0 radical (unpaired) electrons. The highest BCUT2D eigenvalue weighted by Crippen LogP contribution is 2.25. The van der Waals surface area contributed by atoms with E-state index in [0.717, 1.165) is 0 Å². The number of halogens is 1. The Labute approximate surface area is 156 Å². The van der Waals surface area contributed by atoms with Gasteiger partial charge in [-0.25, -0.2) is 4.39 Å². The molecular formula is C15H15FN6O2S2. The highest BCUT2D eigenvalue weighted by molar-refractivity contribution is 7.99. The first-order valence-corrected chi connectivity index (χ1v) is 9.40. The predicted molar refractivity (Wildman–Crippen MR) is 95.7 cm³/mol. The van der Waals surface area contributed by atoms with Gasteiger partial charge in [-0.2, -0.15) is 0 Å². The number of ether oxygens (including phenoxy) is 1. The third kappa shape index (κ3) is 4.35. The molecule has 0 aliphatic carbocycles. The topological polar surface area (TPSA) is 94.8 Å². The number of hydrogen-bond donors (Lipinski definition) is 1. The van der Waals surface area contributed by atoms with E-state index >= 15 is 0 Å². The van der Waals surface area contributed by atoms with Crippen LogP contribution in [0.2, 0.25) is 0 Å². The minimum Gasteiger partial charge on any atom is -0.480 e. The first-order valence-electron chi connectivity index (χ1n) is 7.54. The second-order valence-electron chi connectivity index (χ2n) is 5.17. The van der Waals surface area contributed by atoms with Gasteiger partial charge in [0.2, 0.25) is 11.0 Å². The van der Waals surface area contributed by atoms with E-state index in [-0.39, 0.29) is 17.4 Å². The van der Waals surface area contributed by atoms with Crippen molar-refractivity contribution >= 4 is 34.1 Å². The minimum absolute atomic E-state index is 0.147. The molecule has 1 N–H and O–H groups in total. The van der Waals surface area contributed by atoms with Crippen LogP contribution in [0, 0.1) is 5.82 Å². The molecule has 11 heteroatoms. The van der Waals surface area contributed by atoms with E-state index in [2.05, 4.69) is 25.7 Å². The Balaban J connectivity index is 1.60. The predicted octanol–water partition coefficient (Wildman–Crippen LogP) is 2.68. The second kappa shape index (κ2) is 8.23. The number of thioether (sulfide) groups is 1. The number of para-hydroxylation sites is 1. The van der Waals surface area contributed by atoms with Crippen LogP contribution in [-0.2, 0) is 11.8 Å². The normalized spacial score (nSPS) is 12.0. The van der Waals surface area contributed by atoms with Gasteiger partial charge in [-0.15, -0.1) is 20.4 Å². The van der Waals surface area contributed by atoms with Crippen molar-refractivity contribution in [3.63, 3.8) is 0 Å². The third-order valence-corrected chi connectivity index (χ3v) is 4.94. The standard InChI is InChI=1S/C15H15FN6O2S2/c1-9(24-11-6-4-3-5-10(11)16)13-19-21-15(22(13)2)25-7-12(23)18-14-20-17-8-26-14/h3-6,8-9H,7H2,1-2H3,(H,18,20,23). The van der Waals surface area contributed by atoms with Gasteiger partial charge in [0.15, 0.2) is 28.7 Å². The lowest BCUT2D eigenvalue weighted by molar-refractivity contribution is -0.113. The molecule has 1 atom stereocenters. The van der Waals surface area contributed by atoms with Crippen LogP contribution in [0.4, 0.5) is 9.52 Å². The highest BCUT2D eigenvalue weighted by atomic mass is 32.2. The van der Waals surface area contributed by atoms with Crippen molar-refractivity contribution < 1.29 is 13.9 Å². The zero-order valence-corrected chi connectivity index (χ0v) is 15.6. The van der Waals surface area contributed by atoms with Gasteiger partial charge in [-0.3, -0.25) is 10.1 Å². The van der Waals surface area contributed by atoms with Crippen molar-refractivity contribution in [2.24, 2.45) is 7.05 Å². The molecule has 0 aliphatic rings. The molecule has 2 heterocycles. The highest BCUT2D eigenvalue weighted by Gasteiger charge is 2.19. The molecule has 0 spiro atoms. The summed E-state index contributed by atoms with van der Waals surface area (Å²) in [6, 6.07) is 6.17. The summed E-state index contributed by atoms with van der Waals surface area (Å²) in [5, 5.41) is 19.2. The summed E-state index contributed by atoms with van der Waals surface area (Å²) in [4.78, 5) is 11.9. The smallest absolute Gasteiger partial charge is 0.236 e. The first kappa shape index (κ1) is 18.3. The van der Waals surface area contributed by atoms with E-state index in [1.54, 1.807) is 36.7 Å². The molecular weight excluding hydrogens is 379 g/mol. The summed E-state index contributed by atoms with van der Waals surface area (Å²) in [6.07, 6.45) is -0.506. The summed E-state index contributed by atoms with van der Waals surface area (Å²) in [6.45, 7) is 1.76. The van der Waals surface area contributed by atoms with E-state index in [1.807, 2.05) is 0 Å². The fourth-order valence-corrected chi connectivity index (χ4v) is 3.28. The molecule has 1 aromatic carbocycles. The van der Waals surface area contributed by atoms with Crippen molar-refractivity contribution in [2.75, 3.05) is 11.1 Å². The lowest BCUT2D eigenvalue weighted by Crippen LogP contribution is -2.14. The summed E-state index contributed by atoms with van der Waals surface area (Å²) in [7, 11) is 1.77. The SMILES string of the molecule is CC(Oc1ccccc1F)c1nnc(SCC(=O)Nc2nncs2)n1C. The maximum absolute atomic E-state index is 13.7. The Bertz CT molecular complexity index is 886. The molecule has 136 valence electrons. The Morgan fingerprint density at radius 1 is 1.38 bits per heavy atom. The number of carbonyl (C=O) groups is 1. The molecule has 1 unspecified atom stereocenters. The number of aromatic nitrogens is 5. The van der Waals surface area contributed by atoms with Crippen molar-refractivity contribution in [1.29, 1.82) is 0 Å². The van der Waals surface area contributed by atoms with Gasteiger partial charge in [0.25, 0.3) is 0 Å². The number of amides is 1. The summed E-state index contributed by atoms with van der Waals surface area (Å²) < 4.78 is 21.0. The molecule has 0 fully saturated rings. The molecule has 0 saturated carbocycles. The summed E-state index contributed by atoms with van der Waals surface area (Å²) >= 11 is 2.47. The fourth-order valence-electron chi connectivity index (χ4n) is 2.10. The number of anilines is 1. The average molecular weight is 394 g/mol. The fraction of sp³-hybridized carbons (Fsp3) is 0.267. The molecule has 8 nitrogen and oxygen atoms in total. The van der Waals surface area contributed by atoms with Gasteiger partial charge in [-0.1, -0.05) is 35.2 Å². The Kier molecular flexibility index (Phi) is 5.78. The molecule has 0 aliphatic heterocycles. The average Bonchev–Trinajstić information content (AvgIpc) is 3.25. The Morgan fingerprint density at radius 3 is 2.92 bits per heavy atom. The molecule has 3 aromatic rings. The molecule has 3 rings (SSSR count). The summed E-state index contributed by atoms with van der Waals surface area (Å²) in [5.74, 6) is 0.166. The zero-order chi connectivity index (χ0) is 18.5. The molecule has 26 heavy (non-hydrogen) atoms. The molecule has 1 amide bonds. The van der Waals surface area contributed by atoms with Crippen LogP contribution in [0.25, 0.3) is 0 Å². The lowest BCUT2D eigenvalue weighted by Gasteiger charge is -2.14. The van der Waals surface area contributed by atoms with E-state index < -0.39 is 11.9 Å². The van der Waals surface area contributed by atoms with E-state index in [4.69, 9.17) is 4.74 Å². The van der Waals surface area contributed by atoms with Gasteiger partial charge >= 0.3 is 0 Å².